The minimum atomic E-state index is 0.451. The van der Waals surface area contributed by atoms with Gasteiger partial charge in [-0.15, -0.1) is 11.8 Å². The first-order chi connectivity index (χ1) is 6.34. The van der Waals surface area contributed by atoms with E-state index in [-0.39, 0.29) is 0 Å². The highest BCUT2D eigenvalue weighted by Gasteiger charge is 2.55. The minimum absolute atomic E-state index is 0.451. The third kappa shape index (κ3) is 1.63. The van der Waals surface area contributed by atoms with Crippen molar-refractivity contribution in [3.05, 3.63) is 0 Å². The van der Waals surface area contributed by atoms with Crippen molar-refractivity contribution in [3.8, 4) is 11.8 Å². The summed E-state index contributed by atoms with van der Waals surface area (Å²) in [4.78, 5) is 11.6. The Balaban J connectivity index is 1.76. The predicted octanol–water partition coefficient (Wildman–Crippen LogP) is 2.41. The lowest BCUT2D eigenvalue weighted by Gasteiger charge is -1.99. The summed E-state index contributed by atoms with van der Waals surface area (Å²) in [5.41, 5.74) is 0. The van der Waals surface area contributed by atoms with Gasteiger partial charge in [-0.2, -0.15) is 0 Å². The standard InChI is InChI=1S/C12H16O/c1-2-3-4-8-11(13)12-9-6-5-7-10(9)12/h9-10,12H,4-8H2,1H3. The number of carbonyl (C=O) groups is 1. The number of hydrogen-bond acceptors (Lipinski definition) is 1. The number of rotatable bonds is 3. The van der Waals surface area contributed by atoms with Gasteiger partial charge in [-0.3, -0.25) is 4.79 Å². The van der Waals surface area contributed by atoms with Crippen LogP contribution in [0, 0.1) is 29.6 Å². The topological polar surface area (TPSA) is 17.1 Å². The van der Waals surface area contributed by atoms with Gasteiger partial charge in [0, 0.05) is 18.8 Å². The highest BCUT2D eigenvalue weighted by atomic mass is 16.1. The van der Waals surface area contributed by atoms with Crippen LogP contribution in [0.1, 0.15) is 39.0 Å². The molecule has 0 aliphatic heterocycles. The van der Waals surface area contributed by atoms with E-state index in [0.29, 0.717) is 18.1 Å². The quantitative estimate of drug-likeness (QED) is 0.603. The summed E-state index contributed by atoms with van der Waals surface area (Å²) in [6.07, 6.45) is 5.43. The second kappa shape index (κ2) is 3.54. The second-order valence-electron chi connectivity index (χ2n) is 4.18. The lowest BCUT2D eigenvalue weighted by Crippen LogP contribution is -2.04. The molecule has 2 unspecified atom stereocenters. The van der Waals surface area contributed by atoms with E-state index in [1.54, 1.807) is 0 Å². The van der Waals surface area contributed by atoms with Gasteiger partial charge >= 0.3 is 0 Å². The van der Waals surface area contributed by atoms with Gasteiger partial charge in [0.15, 0.2) is 0 Å². The Bertz CT molecular complexity index is 259. The molecule has 0 heterocycles. The lowest BCUT2D eigenvalue weighted by molar-refractivity contribution is -0.120. The van der Waals surface area contributed by atoms with Crippen molar-refractivity contribution >= 4 is 5.78 Å². The molecule has 70 valence electrons. The number of Topliss-reactive ketones (excluding diaryl/α,β-unsaturated/α-hetero) is 1. The summed E-state index contributed by atoms with van der Waals surface area (Å²) in [6, 6.07) is 0. The van der Waals surface area contributed by atoms with Crippen molar-refractivity contribution in [3.63, 3.8) is 0 Å². The van der Waals surface area contributed by atoms with Crippen LogP contribution in [0.5, 0.6) is 0 Å². The van der Waals surface area contributed by atoms with Crippen molar-refractivity contribution in [1.82, 2.24) is 0 Å². The monoisotopic (exact) mass is 176 g/mol. The molecule has 0 N–H and O–H groups in total. The van der Waals surface area contributed by atoms with Crippen LogP contribution in [-0.4, -0.2) is 5.78 Å². The summed E-state index contributed by atoms with van der Waals surface area (Å²) in [5, 5.41) is 0. The Morgan fingerprint density at radius 1 is 1.38 bits per heavy atom. The van der Waals surface area contributed by atoms with E-state index in [1.807, 2.05) is 6.92 Å². The smallest absolute Gasteiger partial charge is 0.137 e. The zero-order chi connectivity index (χ0) is 9.26. The van der Waals surface area contributed by atoms with Gasteiger partial charge < -0.3 is 0 Å². The SMILES string of the molecule is CC#CCCC(=O)C1C2CCCC21. The molecule has 13 heavy (non-hydrogen) atoms. The summed E-state index contributed by atoms with van der Waals surface area (Å²) in [5.74, 6) is 8.28. The molecule has 2 aliphatic carbocycles. The van der Waals surface area contributed by atoms with Crippen LogP contribution in [-0.2, 0) is 4.79 Å². The van der Waals surface area contributed by atoms with Gasteiger partial charge in [0.25, 0.3) is 0 Å². The van der Waals surface area contributed by atoms with Crippen molar-refractivity contribution in [2.24, 2.45) is 17.8 Å². The lowest BCUT2D eigenvalue weighted by atomic mass is 10.0. The Labute approximate surface area is 79.9 Å². The maximum atomic E-state index is 11.6. The molecular formula is C12H16O. The molecule has 2 saturated carbocycles. The van der Waals surface area contributed by atoms with E-state index in [1.165, 1.54) is 19.3 Å². The third-order valence-electron chi connectivity index (χ3n) is 3.45. The fourth-order valence-electron chi connectivity index (χ4n) is 2.78. The van der Waals surface area contributed by atoms with Crippen LogP contribution in [0.3, 0.4) is 0 Å². The first-order valence-corrected chi connectivity index (χ1v) is 5.27. The highest BCUT2D eigenvalue weighted by Crippen LogP contribution is 2.58. The Kier molecular flexibility index (Phi) is 2.40. The molecule has 2 rings (SSSR count). The van der Waals surface area contributed by atoms with E-state index < -0.39 is 0 Å². The van der Waals surface area contributed by atoms with E-state index in [4.69, 9.17) is 0 Å². The molecule has 0 bridgehead atoms. The Morgan fingerprint density at radius 3 is 2.69 bits per heavy atom. The minimum Gasteiger partial charge on any atom is -0.299 e. The van der Waals surface area contributed by atoms with Gasteiger partial charge in [-0.1, -0.05) is 6.42 Å². The van der Waals surface area contributed by atoms with E-state index >= 15 is 0 Å². The van der Waals surface area contributed by atoms with Crippen LogP contribution in [0.15, 0.2) is 0 Å². The first-order valence-electron chi connectivity index (χ1n) is 5.27. The number of fused-ring (bicyclic) bond motifs is 1. The van der Waals surface area contributed by atoms with Gasteiger partial charge in [0.05, 0.1) is 0 Å². The normalized spacial score (nSPS) is 34.7. The molecule has 0 aromatic heterocycles. The molecule has 1 heteroatoms. The van der Waals surface area contributed by atoms with Crippen LogP contribution in [0.2, 0.25) is 0 Å². The molecule has 2 fully saturated rings. The molecule has 1 nitrogen and oxygen atoms in total. The maximum Gasteiger partial charge on any atom is 0.137 e. The fraction of sp³-hybridized carbons (Fsp3) is 0.750. The summed E-state index contributed by atoms with van der Waals surface area (Å²) in [7, 11) is 0. The average molecular weight is 176 g/mol. The van der Waals surface area contributed by atoms with Gasteiger partial charge in [-0.25, -0.2) is 0 Å². The molecular weight excluding hydrogens is 160 g/mol. The van der Waals surface area contributed by atoms with Crippen LogP contribution < -0.4 is 0 Å². The molecule has 0 amide bonds. The molecule has 0 radical (unpaired) electrons. The number of carbonyl (C=O) groups excluding carboxylic acids is 1. The van der Waals surface area contributed by atoms with Crippen LogP contribution in [0.4, 0.5) is 0 Å². The molecule has 0 spiro atoms. The Hall–Kier alpha value is -0.770. The van der Waals surface area contributed by atoms with Gasteiger partial charge in [0.1, 0.15) is 5.78 Å². The van der Waals surface area contributed by atoms with Crippen LogP contribution >= 0.6 is 0 Å². The largest absolute Gasteiger partial charge is 0.299 e. The predicted molar refractivity (Wildman–Crippen MR) is 52.0 cm³/mol. The molecule has 0 aromatic carbocycles. The van der Waals surface area contributed by atoms with E-state index in [0.717, 1.165) is 18.3 Å². The zero-order valence-corrected chi connectivity index (χ0v) is 8.18. The third-order valence-corrected chi connectivity index (χ3v) is 3.45. The Morgan fingerprint density at radius 2 is 2.08 bits per heavy atom. The number of ketones is 1. The molecule has 2 atom stereocenters. The van der Waals surface area contributed by atoms with Crippen molar-refractivity contribution in [2.75, 3.05) is 0 Å². The number of hydrogen-bond donors (Lipinski definition) is 0. The molecule has 0 saturated heterocycles. The second-order valence-corrected chi connectivity index (χ2v) is 4.18. The van der Waals surface area contributed by atoms with Gasteiger partial charge in [0.2, 0.25) is 0 Å². The maximum absolute atomic E-state index is 11.6. The average Bonchev–Trinajstić information content (AvgIpc) is 2.61. The molecule has 0 aromatic rings. The summed E-state index contributed by atoms with van der Waals surface area (Å²) >= 11 is 0. The first kappa shape index (κ1) is 8.81. The summed E-state index contributed by atoms with van der Waals surface area (Å²) in [6.45, 7) is 1.83. The van der Waals surface area contributed by atoms with Gasteiger partial charge in [-0.05, 0) is 31.6 Å². The van der Waals surface area contributed by atoms with Crippen molar-refractivity contribution in [2.45, 2.75) is 39.0 Å². The van der Waals surface area contributed by atoms with Crippen LogP contribution in [0.25, 0.3) is 0 Å². The van der Waals surface area contributed by atoms with E-state index in [9.17, 15) is 4.79 Å². The fourth-order valence-corrected chi connectivity index (χ4v) is 2.78. The van der Waals surface area contributed by atoms with E-state index in [2.05, 4.69) is 11.8 Å². The molecule has 2 aliphatic rings. The highest BCUT2D eigenvalue weighted by molar-refractivity contribution is 5.84. The zero-order valence-electron chi connectivity index (χ0n) is 8.18. The van der Waals surface area contributed by atoms with Crippen molar-refractivity contribution < 1.29 is 4.79 Å². The summed E-state index contributed by atoms with van der Waals surface area (Å²) < 4.78 is 0. The van der Waals surface area contributed by atoms with Crippen molar-refractivity contribution in [1.29, 1.82) is 0 Å².